The Morgan fingerprint density at radius 3 is 2.60 bits per heavy atom. The highest BCUT2D eigenvalue weighted by Crippen LogP contribution is 2.28. The standard InChI is InChI=1S/C22H27ClN6O/c1-15(2)7-8-20-25-21(28-11-9-27(10-12-28)16(3)30)19-14-24-29(22(19)26-20)18-6-4-5-17(23)13-18/h4-6,13-15H,7-12H2,1-3H3. The number of piperazine rings is 1. The fourth-order valence-electron chi connectivity index (χ4n) is 3.74. The van der Waals surface area contributed by atoms with Gasteiger partial charge in [0.25, 0.3) is 0 Å². The number of fused-ring (bicyclic) bond motifs is 1. The minimum atomic E-state index is 0.119. The lowest BCUT2D eigenvalue weighted by Gasteiger charge is -2.35. The van der Waals surface area contributed by atoms with Crippen LogP contribution in [0.1, 0.15) is 33.0 Å². The van der Waals surface area contributed by atoms with Crippen molar-refractivity contribution in [2.24, 2.45) is 5.92 Å². The van der Waals surface area contributed by atoms with Gasteiger partial charge in [0, 0.05) is 44.5 Å². The summed E-state index contributed by atoms with van der Waals surface area (Å²) in [6.07, 6.45) is 3.66. The van der Waals surface area contributed by atoms with Gasteiger partial charge >= 0.3 is 0 Å². The van der Waals surface area contributed by atoms with Gasteiger partial charge in [-0.2, -0.15) is 5.10 Å². The summed E-state index contributed by atoms with van der Waals surface area (Å²) in [5.74, 6) is 2.41. The van der Waals surface area contributed by atoms with E-state index in [0.29, 0.717) is 24.0 Å². The van der Waals surface area contributed by atoms with Crippen LogP contribution >= 0.6 is 11.6 Å². The van der Waals surface area contributed by atoms with Gasteiger partial charge in [0.2, 0.25) is 5.91 Å². The Morgan fingerprint density at radius 1 is 1.17 bits per heavy atom. The van der Waals surface area contributed by atoms with E-state index in [4.69, 9.17) is 21.6 Å². The first kappa shape index (κ1) is 20.6. The minimum absolute atomic E-state index is 0.119. The number of hydrogen-bond acceptors (Lipinski definition) is 5. The lowest BCUT2D eigenvalue weighted by atomic mass is 10.1. The molecule has 0 bridgehead atoms. The van der Waals surface area contributed by atoms with Gasteiger partial charge in [-0.1, -0.05) is 31.5 Å². The van der Waals surface area contributed by atoms with E-state index in [1.54, 1.807) is 6.92 Å². The number of hydrogen-bond donors (Lipinski definition) is 0. The molecule has 0 saturated carbocycles. The van der Waals surface area contributed by atoms with Crippen molar-refractivity contribution in [1.29, 1.82) is 0 Å². The minimum Gasteiger partial charge on any atom is -0.352 e. The lowest BCUT2D eigenvalue weighted by Crippen LogP contribution is -2.48. The van der Waals surface area contributed by atoms with Crippen LogP contribution in [0.3, 0.4) is 0 Å². The van der Waals surface area contributed by atoms with Crippen molar-refractivity contribution in [2.75, 3.05) is 31.1 Å². The van der Waals surface area contributed by atoms with Crippen LogP contribution in [0.4, 0.5) is 5.82 Å². The van der Waals surface area contributed by atoms with Crippen LogP contribution in [0, 0.1) is 5.92 Å². The molecule has 1 saturated heterocycles. The fourth-order valence-corrected chi connectivity index (χ4v) is 3.92. The zero-order valence-corrected chi connectivity index (χ0v) is 18.4. The number of halogens is 1. The zero-order valence-electron chi connectivity index (χ0n) is 17.7. The van der Waals surface area contributed by atoms with Gasteiger partial charge in [-0.3, -0.25) is 4.79 Å². The quantitative estimate of drug-likeness (QED) is 0.621. The van der Waals surface area contributed by atoms with Crippen molar-refractivity contribution in [1.82, 2.24) is 24.6 Å². The third kappa shape index (κ3) is 4.26. The van der Waals surface area contributed by atoms with Gasteiger partial charge in [-0.05, 0) is 30.5 Å². The summed E-state index contributed by atoms with van der Waals surface area (Å²) in [5.41, 5.74) is 1.66. The van der Waals surface area contributed by atoms with Crippen LogP contribution in [0.25, 0.3) is 16.7 Å². The highest BCUT2D eigenvalue weighted by molar-refractivity contribution is 6.30. The first-order valence-corrected chi connectivity index (χ1v) is 10.8. The average molecular weight is 427 g/mol. The van der Waals surface area contributed by atoms with Gasteiger partial charge in [0.1, 0.15) is 11.6 Å². The second-order valence-electron chi connectivity index (χ2n) is 8.16. The Morgan fingerprint density at radius 2 is 1.93 bits per heavy atom. The van der Waals surface area contributed by atoms with Crippen molar-refractivity contribution in [3.63, 3.8) is 0 Å². The Labute approximate surface area is 181 Å². The maximum Gasteiger partial charge on any atom is 0.219 e. The van der Waals surface area contributed by atoms with Crippen LogP contribution in [0.15, 0.2) is 30.5 Å². The van der Waals surface area contributed by atoms with Gasteiger partial charge in [0.15, 0.2) is 5.65 Å². The number of anilines is 1. The molecule has 1 aliphatic rings. The summed E-state index contributed by atoms with van der Waals surface area (Å²) in [5, 5.41) is 6.18. The number of aryl methyl sites for hydroxylation is 1. The first-order valence-electron chi connectivity index (χ1n) is 10.4. The molecule has 1 aromatic carbocycles. The van der Waals surface area contributed by atoms with E-state index < -0.39 is 0 Å². The number of benzene rings is 1. The lowest BCUT2D eigenvalue weighted by molar-refractivity contribution is -0.129. The second kappa shape index (κ2) is 8.60. The van der Waals surface area contributed by atoms with Crippen molar-refractivity contribution < 1.29 is 4.79 Å². The molecule has 0 atom stereocenters. The highest BCUT2D eigenvalue weighted by Gasteiger charge is 2.24. The molecule has 1 aliphatic heterocycles. The normalized spacial score (nSPS) is 14.7. The molecule has 2 aromatic heterocycles. The molecule has 0 radical (unpaired) electrons. The molecule has 1 fully saturated rings. The topological polar surface area (TPSA) is 67.2 Å². The Kier molecular flexibility index (Phi) is 5.90. The number of nitrogens with zero attached hydrogens (tertiary/aromatic N) is 6. The second-order valence-corrected chi connectivity index (χ2v) is 8.60. The molecule has 158 valence electrons. The summed E-state index contributed by atoms with van der Waals surface area (Å²) in [6.45, 7) is 8.93. The average Bonchev–Trinajstić information content (AvgIpc) is 3.15. The third-order valence-corrected chi connectivity index (χ3v) is 5.71. The van der Waals surface area contributed by atoms with Crippen LogP contribution in [0.2, 0.25) is 5.02 Å². The molecular formula is C22H27ClN6O. The van der Waals surface area contributed by atoms with Crippen molar-refractivity contribution in [3.05, 3.63) is 41.3 Å². The van der Waals surface area contributed by atoms with Crippen LogP contribution in [0.5, 0.6) is 0 Å². The molecule has 1 amide bonds. The van der Waals surface area contributed by atoms with Crippen LogP contribution < -0.4 is 4.90 Å². The number of carbonyl (C=O) groups is 1. The molecule has 8 heteroatoms. The molecular weight excluding hydrogens is 400 g/mol. The molecule has 4 rings (SSSR count). The molecule has 3 aromatic rings. The monoisotopic (exact) mass is 426 g/mol. The molecule has 30 heavy (non-hydrogen) atoms. The summed E-state index contributed by atoms with van der Waals surface area (Å²) in [7, 11) is 0. The van der Waals surface area contributed by atoms with E-state index in [9.17, 15) is 4.79 Å². The van der Waals surface area contributed by atoms with Crippen LogP contribution in [-0.4, -0.2) is 56.7 Å². The predicted molar refractivity (Wildman–Crippen MR) is 119 cm³/mol. The van der Waals surface area contributed by atoms with Gasteiger partial charge in [-0.25, -0.2) is 14.6 Å². The van der Waals surface area contributed by atoms with Crippen molar-refractivity contribution in [3.8, 4) is 5.69 Å². The third-order valence-electron chi connectivity index (χ3n) is 5.48. The molecule has 0 spiro atoms. The van der Waals surface area contributed by atoms with E-state index in [0.717, 1.165) is 54.3 Å². The maximum atomic E-state index is 11.7. The molecule has 0 N–H and O–H groups in total. The largest absolute Gasteiger partial charge is 0.352 e. The zero-order chi connectivity index (χ0) is 21.3. The summed E-state index contributed by atoms with van der Waals surface area (Å²) in [6, 6.07) is 7.61. The van der Waals surface area contributed by atoms with Gasteiger partial charge in [-0.15, -0.1) is 0 Å². The number of aromatic nitrogens is 4. The SMILES string of the molecule is CC(=O)N1CCN(c2nc(CCC(C)C)nc3c2cnn3-c2cccc(Cl)c2)CC1. The predicted octanol–water partition coefficient (Wildman–Crippen LogP) is 3.73. The first-order chi connectivity index (χ1) is 14.4. The highest BCUT2D eigenvalue weighted by atomic mass is 35.5. The van der Waals surface area contributed by atoms with Gasteiger partial charge in [0.05, 0.1) is 17.3 Å². The summed E-state index contributed by atoms with van der Waals surface area (Å²) >= 11 is 6.21. The Hall–Kier alpha value is -2.67. The van der Waals surface area contributed by atoms with Crippen molar-refractivity contribution in [2.45, 2.75) is 33.6 Å². The van der Waals surface area contributed by atoms with Gasteiger partial charge < -0.3 is 9.80 Å². The Balaban J connectivity index is 1.76. The fraction of sp³-hybridized carbons (Fsp3) is 0.455. The number of carbonyl (C=O) groups excluding carboxylic acids is 1. The number of rotatable bonds is 5. The van der Waals surface area contributed by atoms with E-state index in [2.05, 4.69) is 23.8 Å². The van der Waals surface area contributed by atoms with E-state index in [1.807, 2.05) is 40.0 Å². The summed E-state index contributed by atoms with van der Waals surface area (Å²) < 4.78 is 1.83. The molecule has 3 heterocycles. The summed E-state index contributed by atoms with van der Waals surface area (Å²) in [4.78, 5) is 25.6. The van der Waals surface area contributed by atoms with E-state index >= 15 is 0 Å². The smallest absolute Gasteiger partial charge is 0.219 e. The van der Waals surface area contributed by atoms with E-state index in [-0.39, 0.29) is 5.91 Å². The number of amides is 1. The maximum absolute atomic E-state index is 11.7. The molecule has 7 nitrogen and oxygen atoms in total. The molecule has 0 aliphatic carbocycles. The molecule has 0 unspecified atom stereocenters. The van der Waals surface area contributed by atoms with Crippen LogP contribution in [-0.2, 0) is 11.2 Å². The van der Waals surface area contributed by atoms with E-state index in [1.165, 1.54) is 0 Å². The Bertz CT molecular complexity index is 1050. The van der Waals surface area contributed by atoms with Crippen molar-refractivity contribution >= 4 is 34.4 Å².